The molecule has 0 unspecified atom stereocenters. The number of hydrogen-bond donors (Lipinski definition) is 1. The minimum Gasteiger partial charge on any atom is -0.490 e. The van der Waals surface area contributed by atoms with Crippen LogP contribution < -0.4 is 10.1 Å². The van der Waals surface area contributed by atoms with Crippen molar-refractivity contribution in [1.82, 2.24) is 0 Å². The third kappa shape index (κ3) is 4.86. The molecule has 0 fully saturated rings. The summed E-state index contributed by atoms with van der Waals surface area (Å²) in [5.41, 5.74) is -0.306. The summed E-state index contributed by atoms with van der Waals surface area (Å²) < 4.78 is 23.9. The maximum atomic E-state index is 13.9. The largest absolute Gasteiger partial charge is 0.490 e. The highest BCUT2D eigenvalue weighted by atomic mass is 19.1. The van der Waals surface area contributed by atoms with E-state index in [1.807, 2.05) is 13.8 Å². The van der Waals surface area contributed by atoms with Crippen LogP contribution in [0.2, 0.25) is 0 Å². The van der Waals surface area contributed by atoms with Crippen molar-refractivity contribution in [1.29, 1.82) is 0 Å². The number of rotatable bonds is 8. The fraction of sp³-hybridized carbons (Fsp3) is 0.571. The van der Waals surface area contributed by atoms with Gasteiger partial charge in [-0.05, 0) is 11.8 Å². The van der Waals surface area contributed by atoms with Crippen molar-refractivity contribution in [2.45, 2.75) is 20.3 Å². The third-order valence-electron chi connectivity index (χ3n) is 3.21. The maximum Gasteiger partial charge on any atom is 0.313 e. The second kappa shape index (κ2) is 7.21. The van der Waals surface area contributed by atoms with Crippen LogP contribution in [0.5, 0.6) is 5.75 Å². The Labute approximate surface area is 123 Å². The first-order valence-electron chi connectivity index (χ1n) is 6.55. The number of halogens is 1. The molecule has 1 aromatic rings. The number of nitrogens with zero attached hydrogens (tertiary/aromatic N) is 1. The summed E-state index contributed by atoms with van der Waals surface area (Å²) in [4.78, 5) is 10.1. The van der Waals surface area contributed by atoms with Gasteiger partial charge in [-0.25, -0.2) is 4.39 Å². The highest BCUT2D eigenvalue weighted by Crippen LogP contribution is 2.33. The van der Waals surface area contributed by atoms with Crippen LogP contribution in [0, 0.1) is 21.3 Å². The molecule has 7 heteroatoms. The molecule has 0 atom stereocenters. The van der Waals surface area contributed by atoms with Gasteiger partial charge in [0.1, 0.15) is 0 Å². The van der Waals surface area contributed by atoms with Crippen molar-refractivity contribution < 1.29 is 18.8 Å². The van der Waals surface area contributed by atoms with Crippen molar-refractivity contribution in [2.24, 2.45) is 5.41 Å². The first-order chi connectivity index (χ1) is 9.80. The Morgan fingerprint density at radius 1 is 1.38 bits per heavy atom. The van der Waals surface area contributed by atoms with E-state index in [2.05, 4.69) is 5.32 Å². The number of hydrogen-bond acceptors (Lipinski definition) is 5. The molecule has 21 heavy (non-hydrogen) atoms. The average Bonchev–Trinajstić information content (AvgIpc) is 2.43. The summed E-state index contributed by atoms with van der Waals surface area (Å²) in [5.74, 6) is -0.649. The zero-order valence-electron chi connectivity index (χ0n) is 12.7. The fourth-order valence-electron chi connectivity index (χ4n) is 1.79. The van der Waals surface area contributed by atoms with E-state index in [4.69, 9.17) is 9.47 Å². The van der Waals surface area contributed by atoms with Crippen molar-refractivity contribution in [3.63, 3.8) is 0 Å². The van der Waals surface area contributed by atoms with Crippen molar-refractivity contribution in [2.75, 3.05) is 32.7 Å². The van der Waals surface area contributed by atoms with Gasteiger partial charge in [-0.3, -0.25) is 10.1 Å². The predicted octanol–water partition coefficient (Wildman–Crippen LogP) is 3.22. The van der Waals surface area contributed by atoms with E-state index >= 15 is 0 Å². The van der Waals surface area contributed by atoms with Crippen LogP contribution in [-0.2, 0) is 4.74 Å². The summed E-state index contributed by atoms with van der Waals surface area (Å²) in [6.07, 6.45) is 0.808. The lowest BCUT2D eigenvalue weighted by Crippen LogP contribution is -2.25. The Morgan fingerprint density at radius 3 is 2.57 bits per heavy atom. The number of anilines is 1. The number of nitrogens with one attached hydrogen (secondary N) is 1. The fourth-order valence-corrected chi connectivity index (χ4v) is 1.79. The molecule has 0 aliphatic rings. The van der Waals surface area contributed by atoms with Gasteiger partial charge in [0.25, 0.3) is 0 Å². The smallest absolute Gasteiger partial charge is 0.313 e. The topological polar surface area (TPSA) is 73.6 Å². The normalized spacial score (nSPS) is 11.3. The summed E-state index contributed by atoms with van der Waals surface area (Å²) >= 11 is 0. The van der Waals surface area contributed by atoms with Crippen LogP contribution in [0.4, 0.5) is 15.8 Å². The lowest BCUT2D eigenvalue weighted by molar-refractivity contribution is -0.385. The molecular formula is C14H21FN2O4. The summed E-state index contributed by atoms with van der Waals surface area (Å²) in [5, 5.41) is 13.8. The van der Waals surface area contributed by atoms with E-state index in [-0.39, 0.29) is 22.5 Å². The molecule has 1 aromatic carbocycles. The molecule has 0 spiro atoms. The first kappa shape index (κ1) is 17.2. The molecule has 0 aliphatic carbocycles. The number of benzene rings is 1. The molecule has 0 bridgehead atoms. The highest BCUT2D eigenvalue weighted by Gasteiger charge is 2.22. The zero-order valence-corrected chi connectivity index (χ0v) is 12.7. The quantitative estimate of drug-likeness (QED) is 0.589. The van der Waals surface area contributed by atoms with Gasteiger partial charge in [0.05, 0.1) is 23.8 Å². The SMILES string of the molecule is COCCC(C)(C)CNc1cc(OC)c([N+](=O)[O-])cc1F. The first-order valence-corrected chi connectivity index (χ1v) is 6.55. The van der Waals surface area contributed by atoms with Crippen molar-refractivity contribution in [3.8, 4) is 5.75 Å². The Hall–Kier alpha value is -1.89. The van der Waals surface area contributed by atoms with Crippen molar-refractivity contribution >= 4 is 11.4 Å². The molecule has 0 aliphatic heterocycles. The third-order valence-corrected chi connectivity index (χ3v) is 3.21. The lowest BCUT2D eigenvalue weighted by Gasteiger charge is -2.25. The van der Waals surface area contributed by atoms with Crippen LogP contribution in [0.1, 0.15) is 20.3 Å². The number of methoxy groups -OCH3 is 2. The molecule has 118 valence electrons. The number of ether oxygens (including phenoxy) is 2. The van der Waals surface area contributed by atoms with E-state index in [0.717, 1.165) is 12.5 Å². The van der Waals surface area contributed by atoms with Crippen LogP contribution in [0.15, 0.2) is 12.1 Å². The summed E-state index contributed by atoms with van der Waals surface area (Å²) in [6, 6.07) is 2.17. The molecule has 1 N–H and O–H groups in total. The van der Waals surface area contributed by atoms with E-state index in [9.17, 15) is 14.5 Å². The second-order valence-electron chi connectivity index (χ2n) is 5.52. The van der Waals surface area contributed by atoms with Crippen LogP contribution in [-0.4, -0.2) is 32.3 Å². The second-order valence-corrected chi connectivity index (χ2v) is 5.52. The van der Waals surface area contributed by atoms with Crippen molar-refractivity contribution in [3.05, 3.63) is 28.1 Å². The van der Waals surface area contributed by atoms with Gasteiger partial charge >= 0.3 is 5.69 Å². The molecule has 0 saturated heterocycles. The summed E-state index contributed by atoms with van der Waals surface area (Å²) in [7, 11) is 2.94. The Balaban J connectivity index is 2.87. The molecular weight excluding hydrogens is 279 g/mol. The Kier molecular flexibility index (Phi) is 5.90. The Bertz CT molecular complexity index is 506. The predicted molar refractivity (Wildman–Crippen MR) is 78.4 cm³/mol. The van der Waals surface area contributed by atoms with E-state index < -0.39 is 10.7 Å². The van der Waals surface area contributed by atoms with Gasteiger partial charge in [0, 0.05) is 26.3 Å². The number of nitro groups is 1. The van der Waals surface area contributed by atoms with Gasteiger partial charge in [0.15, 0.2) is 11.6 Å². The van der Waals surface area contributed by atoms with Gasteiger partial charge in [-0.2, -0.15) is 0 Å². The monoisotopic (exact) mass is 300 g/mol. The standard InChI is InChI=1S/C14H21FN2O4/c1-14(2,5-6-20-3)9-16-11-8-13(21-4)12(17(18)19)7-10(11)15/h7-8,16H,5-6,9H2,1-4H3. The zero-order chi connectivity index (χ0) is 16.0. The molecule has 6 nitrogen and oxygen atoms in total. The molecule has 0 radical (unpaired) electrons. The minimum absolute atomic E-state index is 0.0265. The van der Waals surface area contributed by atoms with Gasteiger partial charge < -0.3 is 14.8 Å². The number of nitro benzene ring substituents is 1. The average molecular weight is 300 g/mol. The van der Waals surface area contributed by atoms with E-state index in [1.165, 1.54) is 13.2 Å². The van der Waals surface area contributed by atoms with E-state index in [0.29, 0.717) is 13.2 Å². The van der Waals surface area contributed by atoms with Crippen LogP contribution in [0.25, 0.3) is 0 Å². The minimum atomic E-state index is -0.676. The van der Waals surface area contributed by atoms with Gasteiger partial charge in [-0.1, -0.05) is 13.8 Å². The van der Waals surface area contributed by atoms with Crippen LogP contribution >= 0.6 is 0 Å². The van der Waals surface area contributed by atoms with Crippen LogP contribution in [0.3, 0.4) is 0 Å². The van der Waals surface area contributed by atoms with Gasteiger partial charge in [-0.15, -0.1) is 0 Å². The molecule has 0 heterocycles. The molecule has 1 rings (SSSR count). The maximum absolute atomic E-state index is 13.9. The van der Waals surface area contributed by atoms with Gasteiger partial charge in [0.2, 0.25) is 0 Å². The summed E-state index contributed by atoms with van der Waals surface area (Å²) in [6.45, 7) is 5.17. The molecule has 0 aromatic heterocycles. The molecule has 0 amide bonds. The highest BCUT2D eigenvalue weighted by molar-refractivity contribution is 5.59. The lowest BCUT2D eigenvalue weighted by atomic mass is 9.89. The van der Waals surface area contributed by atoms with E-state index in [1.54, 1.807) is 7.11 Å². The Morgan fingerprint density at radius 2 is 2.05 bits per heavy atom. The molecule has 0 saturated carbocycles.